The van der Waals surface area contributed by atoms with Gasteiger partial charge in [-0.1, -0.05) is 0 Å². The number of pyridine rings is 1. The minimum atomic E-state index is 0.926. The molecule has 2 heteroatoms. The Morgan fingerprint density at radius 3 is 2.64 bits per heavy atom. The lowest BCUT2D eigenvalue weighted by Crippen LogP contribution is -1.99. The van der Waals surface area contributed by atoms with Crippen molar-refractivity contribution in [3.8, 4) is 0 Å². The molecule has 2 nitrogen and oxygen atoms in total. The average Bonchev–Trinajstić information content (AvgIpc) is 1.98. The molecule has 0 aromatic carbocycles. The van der Waals surface area contributed by atoms with Crippen molar-refractivity contribution in [2.45, 2.75) is 20.8 Å². The number of aryl methyl sites for hydroxylation is 2. The van der Waals surface area contributed by atoms with Crippen LogP contribution in [-0.4, -0.2) is 11.5 Å². The van der Waals surface area contributed by atoms with Crippen molar-refractivity contribution in [2.75, 3.05) is 11.9 Å². The van der Waals surface area contributed by atoms with Crippen LogP contribution in [0.4, 0.5) is 5.82 Å². The second kappa shape index (κ2) is 3.37. The van der Waals surface area contributed by atoms with Crippen LogP contribution >= 0.6 is 0 Å². The first kappa shape index (κ1) is 8.05. The predicted octanol–water partition coefficient (Wildman–Crippen LogP) is 2.13. The highest BCUT2D eigenvalue weighted by molar-refractivity contribution is 5.39. The minimum Gasteiger partial charge on any atom is -0.370 e. The second-order valence-corrected chi connectivity index (χ2v) is 2.68. The molecular weight excluding hydrogens is 136 g/mol. The van der Waals surface area contributed by atoms with Gasteiger partial charge < -0.3 is 5.32 Å². The Hall–Kier alpha value is -1.05. The van der Waals surface area contributed by atoms with Gasteiger partial charge in [0, 0.05) is 12.7 Å². The summed E-state index contributed by atoms with van der Waals surface area (Å²) in [5.41, 5.74) is 2.53. The van der Waals surface area contributed by atoms with E-state index in [0.29, 0.717) is 0 Å². The fourth-order valence-electron chi connectivity index (χ4n) is 0.902. The summed E-state index contributed by atoms with van der Waals surface area (Å²) < 4.78 is 0. The van der Waals surface area contributed by atoms with E-state index in [2.05, 4.69) is 37.1 Å². The second-order valence-electron chi connectivity index (χ2n) is 2.68. The van der Waals surface area contributed by atoms with Crippen molar-refractivity contribution < 1.29 is 0 Å². The van der Waals surface area contributed by atoms with E-state index in [9.17, 15) is 0 Å². The zero-order chi connectivity index (χ0) is 8.27. The SMILES string of the molecule is CCNc1cc(C)c(C)cn1. The Labute approximate surface area is 67.7 Å². The number of rotatable bonds is 2. The Balaban J connectivity index is 2.86. The summed E-state index contributed by atoms with van der Waals surface area (Å²) in [5.74, 6) is 0.968. The van der Waals surface area contributed by atoms with Crippen LogP contribution in [0, 0.1) is 13.8 Å². The highest BCUT2D eigenvalue weighted by Gasteiger charge is 1.94. The highest BCUT2D eigenvalue weighted by atomic mass is 15.0. The maximum absolute atomic E-state index is 4.22. The van der Waals surface area contributed by atoms with Crippen LogP contribution in [0.5, 0.6) is 0 Å². The molecular formula is C9H14N2. The molecule has 0 aliphatic heterocycles. The summed E-state index contributed by atoms with van der Waals surface area (Å²) in [4.78, 5) is 4.22. The van der Waals surface area contributed by atoms with Crippen molar-refractivity contribution in [3.05, 3.63) is 23.4 Å². The summed E-state index contributed by atoms with van der Waals surface area (Å²) in [6, 6.07) is 2.07. The van der Waals surface area contributed by atoms with E-state index in [1.807, 2.05) is 6.20 Å². The number of hydrogen-bond donors (Lipinski definition) is 1. The van der Waals surface area contributed by atoms with Gasteiger partial charge in [-0.25, -0.2) is 4.98 Å². The Bertz CT molecular complexity index is 243. The summed E-state index contributed by atoms with van der Waals surface area (Å²) in [6.45, 7) is 7.16. The molecule has 1 N–H and O–H groups in total. The van der Waals surface area contributed by atoms with Crippen molar-refractivity contribution in [1.82, 2.24) is 4.98 Å². The Kier molecular flexibility index (Phi) is 2.47. The number of hydrogen-bond acceptors (Lipinski definition) is 2. The number of anilines is 1. The van der Waals surface area contributed by atoms with Crippen molar-refractivity contribution in [1.29, 1.82) is 0 Å². The molecule has 1 aromatic rings. The third-order valence-electron chi connectivity index (χ3n) is 1.73. The lowest BCUT2D eigenvalue weighted by atomic mass is 10.2. The summed E-state index contributed by atoms with van der Waals surface area (Å²) in [5, 5.41) is 3.16. The molecule has 60 valence electrons. The van der Waals surface area contributed by atoms with E-state index in [1.165, 1.54) is 11.1 Å². The molecule has 0 bridgehead atoms. The highest BCUT2D eigenvalue weighted by Crippen LogP contribution is 2.09. The monoisotopic (exact) mass is 150 g/mol. The number of nitrogens with zero attached hydrogens (tertiary/aromatic N) is 1. The molecule has 1 rings (SSSR count). The number of nitrogens with one attached hydrogen (secondary N) is 1. The molecule has 0 aliphatic carbocycles. The first-order valence-electron chi connectivity index (χ1n) is 3.91. The molecule has 0 spiro atoms. The van der Waals surface area contributed by atoms with Crippen LogP contribution in [0.25, 0.3) is 0 Å². The molecule has 0 fully saturated rings. The molecule has 0 radical (unpaired) electrons. The van der Waals surface area contributed by atoms with Crippen LogP contribution in [0.1, 0.15) is 18.1 Å². The van der Waals surface area contributed by atoms with E-state index < -0.39 is 0 Å². The van der Waals surface area contributed by atoms with Gasteiger partial charge in [-0.05, 0) is 38.0 Å². The molecule has 0 atom stereocenters. The third kappa shape index (κ3) is 1.93. The topological polar surface area (TPSA) is 24.9 Å². The molecule has 0 saturated heterocycles. The Morgan fingerprint density at radius 1 is 1.36 bits per heavy atom. The van der Waals surface area contributed by atoms with Gasteiger partial charge in [0.15, 0.2) is 0 Å². The normalized spacial score (nSPS) is 9.73. The summed E-state index contributed by atoms with van der Waals surface area (Å²) in [6.07, 6.45) is 1.90. The van der Waals surface area contributed by atoms with Crippen LogP contribution in [0.2, 0.25) is 0 Å². The summed E-state index contributed by atoms with van der Waals surface area (Å²) in [7, 11) is 0. The maximum atomic E-state index is 4.22. The van der Waals surface area contributed by atoms with E-state index in [4.69, 9.17) is 0 Å². The largest absolute Gasteiger partial charge is 0.370 e. The molecule has 0 unspecified atom stereocenters. The van der Waals surface area contributed by atoms with E-state index >= 15 is 0 Å². The van der Waals surface area contributed by atoms with Gasteiger partial charge in [0.1, 0.15) is 5.82 Å². The zero-order valence-corrected chi connectivity index (χ0v) is 7.31. The van der Waals surface area contributed by atoms with Crippen LogP contribution in [-0.2, 0) is 0 Å². The first-order chi connectivity index (χ1) is 5.24. The van der Waals surface area contributed by atoms with Gasteiger partial charge in [0.2, 0.25) is 0 Å². The Morgan fingerprint density at radius 2 is 2.09 bits per heavy atom. The third-order valence-corrected chi connectivity index (χ3v) is 1.73. The fourth-order valence-corrected chi connectivity index (χ4v) is 0.902. The smallest absolute Gasteiger partial charge is 0.126 e. The fraction of sp³-hybridized carbons (Fsp3) is 0.444. The predicted molar refractivity (Wildman–Crippen MR) is 47.9 cm³/mol. The van der Waals surface area contributed by atoms with Gasteiger partial charge in [0.25, 0.3) is 0 Å². The van der Waals surface area contributed by atoms with E-state index in [1.54, 1.807) is 0 Å². The minimum absolute atomic E-state index is 0.926. The van der Waals surface area contributed by atoms with Crippen molar-refractivity contribution in [2.24, 2.45) is 0 Å². The zero-order valence-electron chi connectivity index (χ0n) is 7.31. The van der Waals surface area contributed by atoms with Gasteiger partial charge in [-0.2, -0.15) is 0 Å². The molecule has 1 heterocycles. The van der Waals surface area contributed by atoms with Gasteiger partial charge >= 0.3 is 0 Å². The van der Waals surface area contributed by atoms with E-state index in [0.717, 1.165) is 12.4 Å². The molecule has 1 aromatic heterocycles. The molecule has 0 saturated carbocycles. The standard InChI is InChI=1S/C9H14N2/c1-4-10-9-5-7(2)8(3)6-11-9/h5-6H,4H2,1-3H3,(H,10,11). The maximum Gasteiger partial charge on any atom is 0.126 e. The van der Waals surface area contributed by atoms with Gasteiger partial charge in [-0.3, -0.25) is 0 Å². The van der Waals surface area contributed by atoms with Crippen LogP contribution in [0.3, 0.4) is 0 Å². The average molecular weight is 150 g/mol. The van der Waals surface area contributed by atoms with Gasteiger partial charge in [-0.15, -0.1) is 0 Å². The van der Waals surface area contributed by atoms with Gasteiger partial charge in [0.05, 0.1) is 0 Å². The first-order valence-corrected chi connectivity index (χ1v) is 3.91. The number of aromatic nitrogens is 1. The quantitative estimate of drug-likeness (QED) is 0.698. The summed E-state index contributed by atoms with van der Waals surface area (Å²) >= 11 is 0. The molecule has 0 amide bonds. The van der Waals surface area contributed by atoms with E-state index in [-0.39, 0.29) is 0 Å². The lowest BCUT2D eigenvalue weighted by molar-refractivity contribution is 1.13. The molecule has 0 aliphatic rings. The lowest BCUT2D eigenvalue weighted by Gasteiger charge is -2.04. The van der Waals surface area contributed by atoms with Crippen LogP contribution in [0.15, 0.2) is 12.3 Å². The van der Waals surface area contributed by atoms with Crippen molar-refractivity contribution >= 4 is 5.82 Å². The van der Waals surface area contributed by atoms with Crippen LogP contribution < -0.4 is 5.32 Å². The molecule has 11 heavy (non-hydrogen) atoms. The van der Waals surface area contributed by atoms with Crippen molar-refractivity contribution in [3.63, 3.8) is 0 Å².